The largest absolute Gasteiger partial charge is 0.495 e. The van der Waals surface area contributed by atoms with Gasteiger partial charge in [0.2, 0.25) is 5.78 Å². The number of nitrogen functional groups attached to an aromatic ring is 1. The smallest absolute Gasteiger partial charge is 0.256 e. The zero-order chi connectivity index (χ0) is 37.2. The lowest BCUT2D eigenvalue weighted by Gasteiger charge is -2.35. The molecule has 52 heavy (non-hydrogen) atoms. The van der Waals surface area contributed by atoms with Crippen LogP contribution in [0.5, 0.6) is 11.5 Å². The van der Waals surface area contributed by atoms with Crippen LogP contribution in [0.3, 0.4) is 0 Å². The number of hydrogen-bond donors (Lipinski definition) is 2. The van der Waals surface area contributed by atoms with Crippen molar-refractivity contribution in [2.45, 2.75) is 31.9 Å². The first-order chi connectivity index (χ1) is 25.2. The molecule has 1 aliphatic heterocycles. The van der Waals surface area contributed by atoms with E-state index in [1.807, 2.05) is 59.5 Å². The number of methoxy groups -OCH3 is 1. The fourth-order valence-electron chi connectivity index (χ4n) is 6.52. The normalized spacial score (nSPS) is 13.2. The molecule has 5 rings (SSSR count). The first-order valence-electron chi connectivity index (χ1n) is 17.6. The van der Waals surface area contributed by atoms with E-state index in [9.17, 15) is 14.4 Å². The van der Waals surface area contributed by atoms with Crippen LogP contribution < -0.4 is 20.9 Å². The molecule has 0 aliphatic carbocycles. The van der Waals surface area contributed by atoms with E-state index < -0.39 is 5.78 Å². The quantitative estimate of drug-likeness (QED) is 0.0728. The molecule has 0 radical (unpaired) electrons. The van der Waals surface area contributed by atoms with Crippen molar-refractivity contribution in [3.8, 4) is 22.6 Å². The molecule has 11 nitrogen and oxygen atoms in total. The third-order valence-electron chi connectivity index (χ3n) is 9.39. The van der Waals surface area contributed by atoms with Gasteiger partial charge in [0.05, 0.1) is 37.0 Å². The molecule has 1 aliphatic rings. The number of anilines is 1. The number of rotatable bonds is 15. The standard InChI is InChI=1S/C41H49N5O6/c1-44(2)30-19-22-46(23-20-30)41(49)31-16-9-8-15-29(31)26-51-27-45(3)40(48)33-25-34(43)37(39(50-4)36(33)28-13-6-5-7-14-28)38(47)32-17-10-11-18-35(32)52-24-12-21-42/h5-11,13-18,25,30H,12,19-24,26-27,42-43H2,1-4H3. The van der Waals surface area contributed by atoms with Gasteiger partial charge in [0.25, 0.3) is 11.8 Å². The number of nitrogens with zero attached hydrogens (tertiary/aromatic N) is 3. The van der Waals surface area contributed by atoms with Crippen LogP contribution in [0.4, 0.5) is 5.69 Å². The van der Waals surface area contributed by atoms with Crippen molar-refractivity contribution in [1.82, 2.24) is 14.7 Å². The molecule has 4 aromatic rings. The lowest BCUT2D eigenvalue weighted by Crippen LogP contribution is -2.44. The lowest BCUT2D eigenvalue weighted by atomic mass is 9.90. The van der Waals surface area contributed by atoms with Gasteiger partial charge >= 0.3 is 0 Å². The zero-order valence-electron chi connectivity index (χ0n) is 30.5. The lowest BCUT2D eigenvalue weighted by molar-refractivity contribution is 0.0264. The van der Waals surface area contributed by atoms with Gasteiger partial charge in [0, 0.05) is 43.0 Å². The monoisotopic (exact) mass is 707 g/mol. The van der Waals surface area contributed by atoms with Crippen LogP contribution in [0.15, 0.2) is 84.9 Å². The molecular weight excluding hydrogens is 658 g/mol. The Morgan fingerprint density at radius 2 is 1.52 bits per heavy atom. The molecule has 4 aromatic carbocycles. The predicted octanol–water partition coefficient (Wildman–Crippen LogP) is 5.32. The number of piperidine rings is 1. The zero-order valence-corrected chi connectivity index (χ0v) is 30.5. The summed E-state index contributed by atoms with van der Waals surface area (Å²) in [6.45, 7) is 2.26. The number of amides is 2. The summed E-state index contributed by atoms with van der Waals surface area (Å²) in [5.74, 6) is -0.233. The molecule has 1 fully saturated rings. The highest BCUT2D eigenvalue weighted by molar-refractivity contribution is 6.18. The summed E-state index contributed by atoms with van der Waals surface area (Å²) in [6, 6.07) is 25.6. The van der Waals surface area contributed by atoms with Crippen molar-refractivity contribution in [2.75, 3.05) is 67.0 Å². The van der Waals surface area contributed by atoms with E-state index in [1.165, 1.54) is 18.1 Å². The predicted molar refractivity (Wildman–Crippen MR) is 203 cm³/mol. The van der Waals surface area contributed by atoms with E-state index in [4.69, 9.17) is 25.7 Å². The van der Waals surface area contributed by atoms with Crippen molar-refractivity contribution in [1.29, 1.82) is 0 Å². The Morgan fingerprint density at radius 3 is 2.19 bits per heavy atom. The number of carbonyl (C=O) groups is 3. The third kappa shape index (κ3) is 8.62. The van der Waals surface area contributed by atoms with Gasteiger partial charge in [-0.1, -0.05) is 60.7 Å². The van der Waals surface area contributed by atoms with Crippen LogP contribution >= 0.6 is 0 Å². The van der Waals surface area contributed by atoms with E-state index in [-0.39, 0.29) is 47.7 Å². The fourth-order valence-corrected chi connectivity index (χ4v) is 6.52. The van der Waals surface area contributed by atoms with E-state index in [2.05, 4.69) is 19.0 Å². The van der Waals surface area contributed by atoms with E-state index in [1.54, 1.807) is 31.3 Å². The summed E-state index contributed by atoms with van der Waals surface area (Å²) in [7, 11) is 7.22. The second-order valence-electron chi connectivity index (χ2n) is 13.1. The molecule has 1 heterocycles. The van der Waals surface area contributed by atoms with Gasteiger partial charge in [-0.15, -0.1) is 0 Å². The average molecular weight is 708 g/mol. The maximum absolute atomic E-state index is 14.2. The van der Waals surface area contributed by atoms with Gasteiger partial charge < -0.3 is 40.4 Å². The minimum absolute atomic E-state index is 0.0182. The second kappa shape index (κ2) is 17.8. The maximum atomic E-state index is 14.2. The Balaban J connectivity index is 1.38. The van der Waals surface area contributed by atoms with Gasteiger partial charge in [0.1, 0.15) is 18.2 Å². The molecule has 11 heteroatoms. The van der Waals surface area contributed by atoms with Crippen molar-refractivity contribution >= 4 is 23.3 Å². The van der Waals surface area contributed by atoms with Gasteiger partial charge in [-0.05, 0) is 75.3 Å². The molecule has 0 spiro atoms. The van der Waals surface area contributed by atoms with Crippen LogP contribution in [-0.2, 0) is 11.3 Å². The number of carbonyl (C=O) groups excluding carboxylic acids is 3. The van der Waals surface area contributed by atoms with Crippen LogP contribution in [0.1, 0.15) is 61.5 Å². The number of ketones is 1. The topological polar surface area (TPSA) is 141 Å². The first kappa shape index (κ1) is 38.0. The van der Waals surface area contributed by atoms with E-state index >= 15 is 0 Å². The number of benzene rings is 4. The highest BCUT2D eigenvalue weighted by atomic mass is 16.5. The Hall–Kier alpha value is -5.23. The van der Waals surface area contributed by atoms with Crippen molar-refractivity contribution < 1.29 is 28.6 Å². The van der Waals surface area contributed by atoms with E-state index in [0.29, 0.717) is 66.7 Å². The molecule has 274 valence electrons. The number of likely N-dealkylation sites (tertiary alicyclic amines) is 1. The molecule has 0 bridgehead atoms. The summed E-state index contributed by atoms with van der Waals surface area (Å²) >= 11 is 0. The van der Waals surface area contributed by atoms with Crippen molar-refractivity contribution in [3.05, 3.63) is 113 Å². The number of hydrogen-bond acceptors (Lipinski definition) is 9. The van der Waals surface area contributed by atoms with Gasteiger partial charge in [-0.2, -0.15) is 0 Å². The van der Waals surface area contributed by atoms with Gasteiger partial charge in [0.15, 0.2) is 0 Å². The highest BCUT2D eigenvalue weighted by Crippen LogP contribution is 2.42. The minimum atomic E-state index is -0.402. The Kier molecular flexibility index (Phi) is 13.0. The maximum Gasteiger partial charge on any atom is 0.256 e. The summed E-state index contributed by atoms with van der Waals surface area (Å²) in [5.41, 5.74) is 15.4. The number of ether oxygens (including phenoxy) is 3. The summed E-state index contributed by atoms with van der Waals surface area (Å²) < 4.78 is 17.8. The highest BCUT2D eigenvalue weighted by Gasteiger charge is 2.30. The van der Waals surface area contributed by atoms with Crippen molar-refractivity contribution in [2.24, 2.45) is 5.73 Å². The van der Waals surface area contributed by atoms with Crippen LogP contribution in [0.25, 0.3) is 11.1 Å². The van der Waals surface area contributed by atoms with Crippen LogP contribution in [0, 0.1) is 0 Å². The van der Waals surface area contributed by atoms with Crippen LogP contribution in [0.2, 0.25) is 0 Å². The SMILES string of the molecule is COc1c(C(=O)c2ccccc2OCCCN)c(N)cc(C(=O)N(C)COCc2ccccc2C(=O)N2CCC(N(C)C)CC2)c1-c1ccccc1. The Labute approximate surface area is 306 Å². The minimum Gasteiger partial charge on any atom is -0.495 e. The summed E-state index contributed by atoms with van der Waals surface area (Å²) in [6.07, 6.45) is 2.48. The Morgan fingerprint density at radius 1 is 0.865 bits per heavy atom. The molecule has 0 aromatic heterocycles. The average Bonchev–Trinajstić information content (AvgIpc) is 3.17. The van der Waals surface area contributed by atoms with Gasteiger partial charge in [-0.25, -0.2) is 0 Å². The van der Waals surface area contributed by atoms with Crippen molar-refractivity contribution in [3.63, 3.8) is 0 Å². The molecule has 2 amide bonds. The molecular formula is C41H49N5O6. The molecule has 4 N–H and O–H groups in total. The number of para-hydroxylation sites is 1. The third-order valence-corrected chi connectivity index (χ3v) is 9.39. The second-order valence-corrected chi connectivity index (χ2v) is 13.1. The summed E-state index contributed by atoms with van der Waals surface area (Å²) in [4.78, 5) is 47.4. The first-order valence-corrected chi connectivity index (χ1v) is 17.6. The summed E-state index contributed by atoms with van der Waals surface area (Å²) in [5, 5.41) is 0. The van der Waals surface area contributed by atoms with Gasteiger partial charge in [-0.3, -0.25) is 14.4 Å². The molecule has 0 atom stereocenters. The Bertz CT molecular complexity index is 1860. The molecule has 0 unspecified atom stereocenters. The van der Waals surface area contributed by atoms with Crippen LogP contribution in [-0.4, -0.2) is 99.6 Å². The van der Waals surface area contributed by atoms with E-state index in [0.717, 1.165) is 18.4 Å². The molecule has 1 saturated heterocycles. The number of nitrogens with two attached hydrogens (primary N) is 2. The molecule has 0 saturated carbocycles. The fraction of sp³-hybridized carbons (Fsp3) is 0.341.